The van der Waals surface area contributed by atoms with Gasteiger partial charge in [-0.15, -0.1) is 10.2 Å². The Kier molecular flexibility index (Phi) is 4.64. The van der Waals surface area contributed by atoms with Crippen molar-refractivity contribution in [1.82, 2.24) is 15.5 Å². The van der Waals surface area contributed by atoms with Gasteiger partial charge in [0.1, 0.15) is 5.75 Å². The summed E-state index contributed by atoms with van der Waals surface area (Å²) in [6.45, 7) is 0.755. The van der Waals surface area contributed by atoms with Crippen LogP contribution < -0.4 is 10.1 Å². The first kappa shape index (κ1) is 16.3. The number of hydrogen-bond donors (Lipinski definition) is 1. The number of nitrogens with one attached hydrogen (secondary N) is 1. The minimum atomic E-state index is -0.129. The molecular weight excluding hydrogens is 330 g/mol. The summed E-state index contributed by atoms with van der Waals surface area (Å²) >= 11 is 0. The molecule has 0 saturated carbocycles. The maximum Gasteiger partial charge on any atom is 0.247 e. The first-order valence-corrected chi connectivity index (χ1v) is 8.66. The Morgan fingerprint density at radius 3 is 2.77 bits per heavy atom. The van der Waals surface area contributed by atoms with Crippen molar-refractivity contribution in [2.75, 3.05) is 6.61 Å². The molecule has 0 bridgehead atoms. The number of rotatable bonds is 4. The van der Waals surface area contributed by atoms with Gasteiger partial charge in [-0.05, 0) is 36.6 Å². The maximum atomic E-state index is 12.6. The van der Waals surface area contributed by atoms with Crippen LogP contribution in [0.1, 0.15) is 17.9 Å². The highest BCUT2D eigenvalue weighted by molar-refractivity contribution is 5.79. The van der Waals surface area contributed by atoms with Gasteiger partial charge in [0.05, 0.1) is 13.2 Å². The molecule has 2 heterocycles. The monoisotopic (exact) mass is 349 g/mol. The predicted octanol–water partition coefficient (Wildman–Crippen LogP) is 2.99. The van der Waals surface area contributed by atoms with E-state index < -0.39 is 0 Å². The first-order chi connectivity index (χ1) is 12.8. The summed E-state index contributed by atoms with van der Waals surface area (Å²) in [5.74, 6) is 1.56. The van der Waals surface area contributed by atoms with Crippen LogP contribution in [0, 0.1) is 5.92 Å². The standard InChI is InChI=1S/C20H19N3O3/c24-19(16-10-11-25-17-9-5-4-8-15(17)12-16)21-13-18-22-23-20(26-18)14-6-2-1-3-7-14/h1-9,16H,10-13H2,(H,21,24). The number of para-hydroxylation sites is 1. The van der Waals surface area contributed by atoms with Crippen molar-refractivity contribution in [1.29, 1.82) is 0 Å². The van der Waals surface area contributed by atoms with E-state index in [0.717, 1.165) is 16.9 Å². The molecular formula is C20H19N3O3. The molecule has 2 aromatic carbocycles. The fourth-order valence-corrected chi connectivity index (χ4v) is 3.05. The fraction of sp³-hybridized carbons (Fsp3) is 0.250. The van der Waals surface area contributed by atoms with Crippen LogP contribution >= 0.6 is 0 Å². The zero-order valence-corrected chi connectivity index (χ0v) is 14.2. The Morgan fingerprint density at radius 1 is 1.08 bits per heavy atom. The SMILES string of the molecule is O=C(NCc1nnc(-c2ccccc2)o1)C1CCOc2ccccc2C1. The number of aromatic nitrogens is 2. The number of carbonyl (C=O) groups is 1. The van der Waals surface area contributed by atoms with Gasteiger partial charge in [-0.3, -0.25) is 4.79 Å². The average Bonchev–Trinajstić information content (AvgIpc) is 3.05. The van der Waals surface area contributed by atoms with Crippen molar-refractivity contribution in [3.63, 3.8) is 0 Å². The van der Waals surface area contributed by atoms with Crippen LogP contribution in [0.2, 0.25) is 0 Å². The number of amides is 1. The molecule has 1 aromatic heterocycles. The number of fused-ring (bicyclic) bond motifs is 1. The Morgan fingerprint density at radius 2 is 1.88 bits per heavy atom. The third-order valence-corrected chi connectivity index (χ3v) is 4.44. The molecule has 0 spiro atoms. The van der Waals surface area contributed by atoms with Crippen LogP contribution in [0.15, 0.2) is 59.0 Å². The van der Waals surface area contributed by atoms with Crippen LogP contribution in [0.4, 0.5) is 0 Å². The first-order valence-electron chi connectivity index (χ1n) is 8.66. The van der Waals surface area contributed by atoms with Crippen molar-refractivity contribution in [3.8, 4) is 17.2 Å². The molecule has 1 amide bonds. The second-order valence-corrected chi connectivity index (χ2v) is 6.23. The maximum absolute atomic E-state index is 12.6. The van der Waals surface area contributed by atoms with E-state index >= 15 is 0 Å². The summed E-state index contributed by atoms with van der Waals surface area (Å²) in [5, 5.41) is 10.9. The summed E-state index contributed by atoms with van der Waals surface area (Å²) in [6, 6.07) is 17.4. The molecule has 0 radical (unpaired) electrons. The molecule has 0 fully saturated rings. The van der Waals surface area contributed by atoms with Crippen LogP contribution in [0.5, 0.6) is 5.75 Å². The van der Waals surface area contributed by atoms with E-state index in [9.17, 15) is 4.79 Å². The normalized spacial score (nSPS) is 16.2. The van der Waals surface area contributed by atoms with Gasteiger partial charge in [-0.25, -0.2) is 0 Å². The van der Waals surface area contributed by atoms with Crippen molar-refractivity contribution in [2.45, 2.75) is 19.4 Å². The summed E-state index contributed by atoms with van der Waals surface area (Å²) in [5.41, 5.74) is 1.92. The van der Waals surface area contributed by atoms with Crippen molar-refractivity contribution >= 4 is 5.91 Å². The quantitative estimate of drug-likeness (QED) is 0.783. The van der Waals surface area contributed by atoms with E-state index in [1.54, 1.807) is 0 Å². The third kappa shape index (κ3) is 3.59. The lowest BCUT2D eigenvalue weighted by molar-refractivity contribution is -0.125. The fourth-order valence-electron chi connectivity index (χ4n) is 3.05. The van der Waals surface area contributed by atoms with Gasteiger partial charge in [0.15, 0.2) is 0 Å². The molecule has 132 valence electrons. The number of carbonyl (C=O) groups excluding carboxylic acids is 1. The summed E-state index contributed by atoms with van der Waals surface area (Å²) < 4.78 is 11.3. The zero-order valence-electron chi connectivity index (χ0n) is 14.2. The molecule has 1 aliphatic rings. The molecule has 26 heavy (non-hydrogen) atoms. The molecule has 6 heteroatoms. The van der Waals surface area contributed by atoms with E-state index in [-0.39, 0.29) is 18.4 Å². The zero-order chi connectivity index (χ0) is 17.8. The van der Waals surface area contributed by atoms with E-state index in [2.05, 4.69) is 15.5 Å². The lowest BCUT2D eigenvalue weighted by Crippen LogP contribution is -2.31. The highest BCUT2D eigenvalue weighted by Crippen LogP contribution is 2.26. The summed E-state index contributed by atoms with van der Waals surface area (Å²) in [7, 11) is 0. The third-order valence-electron chi connectivity index (χ3n) is 4.44. The molecule has 0 aliphatic carbocycles. The molecule has 1 atom stereocenters. The van der Waals surface area contributed by atoms with Gasteiger partial charge in [-0.2, -0.15) is 0 Å². The highest BCUT2D eigenvalue weighted by atomic mass is 16.5. The van der Waals surface area contributed by atoms with Gasteiger partial charge >= 0.3 is 0 Å². The second kappa shape index (κ2) is 7.39. The van der Waals surface area contributed by atoms with Crippen molar-refractivity contribution in [2.24, 2.45) is 5.92 Å². The minimum Gasteiger partial charge on any atom is -0.493 e. The van der Waals surface area contributed by atoms with Crippen LogP contribution in [-0.4, -0.2) is 22.7 Å². The van der Waals surface area contributed by atoms with Gasteiger partial charge in [0.25, 0.3) is 0 Å². The predicted molar refractivity (Wildman–Crippen MR) is 95.3 cm³/mol. The average molecular weight is 349 g/mol. The molecule has 1 aliphatic heterocycles. The smallest absolute Gasteiger partial charge is 0.247 e. The van der Waals surface area contributed by atoms with Crippen LogP contribution in [0.3, 0.4) is 0 Å². The van der Waals surface area contributed by atoms with Crippen LogP contribution in [-0.2, 0) is 17.8 Å². The number of ether oxygens (including phenoxy) is 1. The topological polar surface area (TPSA) is 77.3 Å². The molecule has 1 unspecified atom stereocenters. The number of hydrogen-bond acceptors (Lipinski definition) is 5. The molecule has 6 nitrogen and oxygen atoms in total. The van der Waals surface area contributed by atoms with Gasteiger partial charge < -0.3 is 14.5 Å². The highest BCUT2D eigenvalue weighted by Gasteiger charge is 2.24. The molecule has 1 N–H and O–H groups in total. The Balaban J connectivity index is 1.38. The van der Waals surface area contributed by atoms with Crippen LogP contribution in [0.25, 0.3) is 11.5 Å². The second-order valence-electron chi connectivity index (χ2n) is 6.23. The van der Waals surface area contributed by atoms with Crippen molar-refractivity contribution < 1.29 is 13.9 Å². The summed E-state index contributed by atoms with van der Waals surface area (Å²) in [6.07, 6.45) is 1.35. The number of benzene rings is 2. The van der Waals surface area contributed by atoms with Gasteiger partial charge in [-0.1, -0.05) is 36.4 Å². The van der Waals surface area contributed by atoms with E-state index in [4.69, 9.17) is 9.15 Å². The Hall–Kier alpha value is -3.15. The van der Waals surface area contributed by atoms with E-state index in [1.165, 1.54) is 0 Å². The molecule has 4 rings (SSSR count). The largest absolute Gasteiger partial charge is 0.493 e. The minimum absolute atomic E-state index is 0.0234. The van der Waals surface area contributed by atoms with E-state index in [0.29, 0.717) is 31.2 Å². The van der Waals surface area contributed by atoms with Crippen molar-refractivity contribution in [3.05, 3.63) is 66.1 Å². The Labute approximate surface area is 151 Å². The molecule has 3 aromatic rings. The van der Waals surface area contributed by atoms with Gasteiger partial charge in [0.2, 0.25) is 17.7 Å². The molecule has 0 saturated heterocycles. The summed E-state index contributed by atoms with van der Waals surface area (Å²) in [4.78, 5) is 12.6. The Bertz CT molecular complexity index is 892. The lowest BCUT2D eigenvalue weighted by Gasteiger charge is -2.12. The van der Waals surface area contributed by atoms with E-state index in [1.807, 2.05) is 54.6 Å². The lowest BCUT2D eigenvalue weighted by atomic mass is 9.96. The van der Waals surface area contributed by atoms with Gasteiger partial charge in [0, 0.05) is 11.5 Å². The number of nitrogens with zero attached hydrogens (tertiary/aromatic N) is 2.